The van der Waals surface area contributed by atoms with Crippen molar-refractivity contribution in [3.8, 4) is 11.8 Å². The van der Waals surface area contributed by atoms with Crippen LogP contribution >= 0.6 is 15.9 Å². The van der Waals surface area contributed by atoms with E-state index < -0.39 is 5.91 Å². The number of carbonyl (C=O) groups excluding carboxylic acids is 1. The van der Waals surface area contributed by atoms with Crippen LogP contribution in [0.15, 0.2) is 64.8 Å². The van der Waals surface area contributed by atoms with Crippen molar-refractivity contribution in [1.82, 2.24) is 10.6 Å². The molecule has 1 amide bonds. The van der Waals surface area contributed by atoms with Gasteiger partial charge in [-0.2, -0.15) is 5.26 Å². The number of halogens is 1. The Morgan fingerprint density at radius 1 is 1.12 bits per heavy atom. The number of rotatable bonds is 8. The zero-order valence-electron chi connectivity index (χ0n) is 14.2. The van der Waals surface area contributed by atoms with Crippen LogP contribution < -0.4 is 10.6 Å². The van der Waals surface area contributed by atoms with Gasteiger partial charge in [-0.05, 0) is 42.2 Å². The molecule has 0 aliphatic carbocycles. The molecule has 0 heterocycles. The molecule has 0 saturated carbocycles. The second-order valence-corrected chi connectivity index (χ2v) is 6.49. The Hall–Kier alpha value is -2.78. The molecule has 134 valence electrons. The van der Waals surface area contributed by atoms with Gasteiger partial charge in [-0.25, -0.2) is 0 Å². The van der Waals surface area contributed by atoms with Crippen LogP contribution in [0.5, 0.6) is 5.75 Å². The Bertz CT molecular complexity index is 811. The summed E-state index contributed by atoms with van der Waals surface area (Å²) in [5.74, 6) is -0.194. The van der Waals surface area contributed by atoms with Crippen molar-refractivity contribution in [2.45, 2.75) is 12.8 Å². The Balaban J connectivity index is 1.76. The molecule has 0 bridgehead atoms. The Kier molecular flexibility index (Phi) is 7.72. The van der Waals surface area contributed by atoms with Crippen LogP contribution in [-0.4, -0.2) is 24.1 Å². The number of benzene rings is 2. The number of amides is 1. The number of nitrogens with one attached hydrogen (secondary N) is 2. The fourth-order valence-electron chi connectivity index (χ4n) is 2.31. The molecule has 6 heteroatoms. The lowest BCUT2D eigenvalue weighted by molar-refractivity contribution is -0.117. The summed E-state index contributed by atoms with van der Waals surface area (Å²) in [6.45, 7) is 1.04. The van der Waals surface area contributed by atoms with Gasteiger partial charge in [-0.3, -0.25) is 4.79 Å². The van der Waals surface area contributed by atoms with Crippen molar-refractivity contribution in [2.75, 3.05) is 13.1 Å². The van der Waals surface area contributed by atoms with Crippen LogP contribution in [0.2, 0.25) is 0 Å². The lowest BCUT2D eigenvalue weighted by Gasteiger charge is -2.06. The van der Waals surface area contributed by atoms with Gasteiger partial charge in [0.1, 0.15) is 17.4 Å². The Labute approximate surface area is 161 Å². The van der Waals surface area contributed by atoms with Crippen molar-refractivity contribution in [3.63, 3.8) is 0 Å². The molecule has 0 saturated heterocycles. The number of hydrogen-bond donors (Lipinski definition) is 3. The largest absolute Gasteiger partial charge is 0.508 e. The third-order valence-electron chi connectivity index (χ3n) is 3.74. The molecule has 2 rings (SSSR count). The lowest BCUT2D eigenvalue weighted by Crippen LogP contribution is -2.28. The summed E-state index contributed by atoms with van der Waals surface area (Å²) in [6, 6.07) is 16.6. The second-order valence-electron chi connectivity index (χ2n) is 5.64. The van der Waals surface area contributed by atoms with Gasteiger partial charge in [-0.15, -0.1) is 0 Å². The molecule has 0 unspecified atom stereocenters. The first-order valence-electron chi connectivity index (χ1n) is 8.23. The summed E-state index contributed by atoms with van der Waals surface area (Å²) >= 11 is 3.49. The fraction of sp³-hybridized carbons (Fsp3) is 0.200. The molecule has 3 N–H and O–H groups in total. The molecule has 2 aromatic carbocycles. The highest BCUT2D eigenvalue weighted by Gasteiger charge is 2.08. The summed E-state index contributed by atoms with van der Waals surface area (Å²) in [7, 11) is 0. The standard InChI is InChI=1S/C20H20BrN3O2/c21-19-4-2-1-3-16(19)10-11-23-14-17(13-22)20(26)24-12-9-15-5-7-18(25)8-6-15/h1-8,14,23,25H,9-12H2,(H,24,26)/b17-14-. The van der Waals surface area contributed by atoms with E-state index in [9.17, 15) is 9.90 Å². The third kappa shape index (κ3) is 6.26. The number of hydrogen-bond acceptors (Lipinski definition) is 4. The van der Waals surface area contributed by atoms with Crippen molar-refractivity contribution in [1.29, 1.82) is 5.26 Å². The highest BCUT2D eigenvalue weighted by molar-refractivity contribution is 9.10. The molecular formula is C20H20BrN3O2. The lowest BCUT2D eigenvalue weighted by atomic mass is 10.1. The average molecular weight is 414 g/mol. The smallest absolute Gasteiger partial charge is 0.263 e. The summed E-state index contributed by atoms with van der Waals surface area (Å²) in [5.41, 5.74) is 2.20. The monoisotopic (exact) mass is 413 g/mol. The van der Waals surface area contributed by atoms with Gasteiger partial charge in [0, 0.05) is 23.8 Å². The highest BCUT2D eigenvalue weighted by atomic mass is 79.9. The summed E-state index contributed by atoms with van der Waals surface area (Å²) in [5, 5.41) is 24.1. The maximum absolute atomic E-state index is 12.0. The van der Waals surface area contributed by atoms with Crippen LogP contribution in [0.4, 0.5) is 0 Å². The van der Waals surface area contributed by atoms with Crippen LogP contribution in [0.3, 0.4) is 0 Å². The maximum Gasteiger partial charge on any atom is 0.263 e. The molecule has 0 radical (unpaired) electrons. The van der Waals surface area contributed by atoms with Gasteiger partial charge in [0.15, 0.2) is 0 Å². The van der Waals surface area contributed by atoms with Gasteiger partial charge >= 0.3 is 0 Å². The topological polar surface area (TPSA) is 85.2 Å². The van der Waals surface area contributed by atoms with E-state index in [1.54, 1.807) is 24.3 Å². The Morgan fingerprint density at radius 3 is 2.54 bits per heavy atom. The predicted octanol–water partition coefficient (Wildman–Crippen LogP) is 3.05. The van der Waals surface area contributed by atoms with Gasteiger partial charge in [0.05, 0.1) is 0 Å². The van der Waals surface area contributed by atoms with E-state index in [0.717, 1.165) is 22.0 Å². The summed E-state index contributed by atoms with van der Waals surface area (Å²) in [4.78, 5) is 12.0. The molecule has 0 aliphatic heterocycles. The first-order valence-corrected chi connectivity index (χ1v) is 9.02. The Morgan fingerprint density at radius 2 is 1.85 bits per heavy atom. The number of aromatic hydroxyl groups is 1. The average Bonchev–Trinajstić information content (AvgIpc) is 2.64. The van der Waals surface area contributed by atoms with E-state index in [1.807, 2.05) is 30.3 Å². The molecule has 0 aromatic heterocycles. The SMILES string of the molecule is N#C/C(=C/NCCc1ccccc1Br)C(=O)NCCc1ccc(O)cc1. The maximum atomic E-state index is 12.0. The van der Waals surface area contributed by atoms with Crippen LogP contribution in [0.25, 0.3) is 0 Å². The first kappa shape index (κ1) is 19.5. The van der Waals surface area contributed by atoms with Gasteiger partial charge in [-0.1, -0.05) is 46.3 Å². The third-order valence-corrected chi connectivity index (χ3v) is 4.52. The molecular weight excluding hydrogens is 394 g/mol. The van der Waals surface area contributed by atoms with E-state index in [-0.39, 0.29) is 11.3 Å². The minimum Gasteiger partial charge on any atom is -0.508 e. The molecule has 0 aliphatic rings. The summed E-state index contributed by atoms with van der Waals surface area (Å²) < 4.78 is 1.04. The summed E-state index contributed by atoms with van der Waals surface area (Å²) in [6.07, 6.45) is 2.85. The molecule has 26 heavy (non-hydrogen) atoms. The van der Waals surface area contributed by atoms with Crippen molar-refractivity contribution in [2.24, 2.45) is 0 Å². The highest BCUT2D eigenvalue weighted by Crippen LogP contribution is 2.15. The van der Waals surface area contributed by atoms with Crippen molar-refractivity contribution >= 4 is 21.8 Å². The molecule has 0 atom stereocenters. The predicted molar refractivity (Wildman–Crippen MR) is 104 cm³/mol. The van der Waals surface area contributed by atoms with Crippen LogP contribution in [-0.2, 0) is 17.6 Å². The second kappa shape index (κ2) is 10.3. The molecule has 2 aromatic rings. The van der Waals surface area contributed by atoms with E-state index in [2.05, 4.69) is 26.6 Å². The quantitative estimate of drug-likeness (QED) is 0.352. The number of nitrogens with zero attached hydrogens (tertiary/aromatic N) is 1. The van der Waals surface area contributed by atoms with Gasteiger partial charge in [0.25, 0.3) is 5.91 Å². The van der Waals surface area contributed by atoms with Gasteiger partial charge in [0.2, 0.25) is 0 Å². The molecule has 5 nitrogen and oxygen atoms in total. The fourth-order valence-corrected chi connectivity index (χ4v) is 2.79. The number of nitriles is 1. The van der Waals surface area contributed by atoms with Crippen LogP contribution in [0, 0.1) is 11.3 Å². The van der Waals surface area contributed by atoms with Crippen molar-refractivity contribution in [3.05, 3.63) is 75.9 Å². The number of carbonyl (C=O) groups is 1. The zero-order chi connectivity index (χ0) is 18.8. The van der Waals surface area contributed by atoms with Crippen molar-refractivity contribution < 1.29 is 9.90 Å². The van der Waals surface area contributed by atoms with E-state index >= 15 is 0 Å². The number of phenolic OH excluding ortho intramolecular Hbond substituents is 1. The zero-order valence-corrected chi connectivity index (χ0v) is 15.8. The van der Waals surface area contributed by atoms with Gasteiger partial charge < -0.3 is 15.7 Å². The minimum absolute atomic E-state index is 0.0443. The van der Waals surface area contributed by atoms with E-state index in [4.69, 9.17) is 5.26 Å². The first-order chi connectivity index (χ1) is 12.6. The van der Waals surface area contributed by atoms with E-state index in [0.29, 0.717) is 19.5 Å². The normalized spacial score (nSPS) is 10.8. The number of phenols is 1. The minimum atomic E-state index is -0.403. The molecule has 0 spiro atoms. The van der Waals surface area contributed by atoms with E-state index in [1.165, 1.54) is 6.20 Å². The molecule has 0 fully saturated rings. The van der Waals surface area contributed by atoms with Crippen LogP contribution in [0.1, 0.15) is 11.1 Å².